The number of nitrogens with two attached hydrogens (primary N) is 1. The molecule has 0 atom stereocenters. The van der Waals surface area contributed by atoms with Gasteiger partial charge in [-0.3, -0.25) is 4.79 Å². The Hall–Kier alpha value is -1.02. The Morgan fingerprint density at radius 1 is 1.33 bits per heavy atom. The third-order valence-electron chi connectivity index (χ3n) is 2.94. The predicted molar refractivity (Wildman–Crippen MR) is 79.1 cm³/mol. The number of carbonyl (C=O) groups is 1. The van der Waals surface area contributed by atoms with E-state index in [-0.39, 0.29) is 33.2 Å². The van der Waals surface area contributed by atoms with Gasteiger partial charge in [-0.05, 0) is 24.8 Å². The number of carbonyl (C=O) groups excluding carboxylic acids is 1. The van der Waals surface area contributed by atoms with E-state index in [1.54, 1.807) is 0 Å². The standard InChI is InChI=1S/C12H14Cl2N2O4S/c13-8-4-11(21(15,18)19)9(14)3-10(8)20-6-12(17)16-5-7-1-2-7/h3-4,7H,1-2,5-6H2,(H,16,17)(H2,15,18,19). The molecule has 0 spiro atoms. The average Bonchev–Trinajstić information content (AvgIpc) is 3.19. The second kappa shape index (κ2) is 6.39. The Morgan fingerprint density at radius 3 is 2.57 bits per heavy atom. The normalized spacial score (nSPS) is 14.8. The number of sulfonamides is 1. The van der Waals surface area contributed by atoms with Crippen molar-refractivity contribution in [1.82, 2.24) is 5.32 Å². The first-order valence-electron chi connectivity index (χ1n) is 6.18. The van der Waals surface area contributed by atoms with Gasteiger partial charge in [0.15, 0.2) is 6.61 Å². The van der Waals surface area contributed by atoms with E-state index in [4.69, 9.17) is 33.1 Å². The van der Waals surface area contributed by atoms with Crippen molar-refractivity contribution in [2.45, 2.75) is 17.7 Å². The molecule has 1 aromatic carbocycles. The lowest BCUT2D eigenvalue weighted by Gasteiger charge is -2.10. The van der Waals surface area contributed by atoms with E-state index in [2.05, 4.69) is 5.32 Å². The number of ether oxygens (including phenoxy) is 1. The Bertz CT molecular complexity index is 659. The molecule has 116 valence electrons. The van der Waals surface area contributed by atoms with Crippen LogP contribution in [0.4, 0.5) is 0 Å². The minimum Gasteiger partial charge on any atom is -0.482 e. The Kier molecular flexibility index (Phi) is 4.98. The largest absolute Gasteiger partial charge is 0.482 e. The maximum Gasteiger partial charge on any atom is 0.257 e. The number of amides is 1. The molecule has 0 unspecified atom stereocenters. The van der Waals surface area contributed by atoms with Crippen molar-refractivity contribution in [3.63, 3.8) is 0 Å². The molecule has 0 radical (unpaired) electrons. The minimum atomic E-state index is -3.97. The zero-order chi connectivity index (χ0) is 15.6. The summed E-state index contributed by atoms with van der Waals surface area (Å²) >= 11 is 11.7. The third kappa shape index (κ3) is 4.74. The van der Waals surface area contributed by atoms with Crippen LogP contribution in [-0.4, -0.2) is 27.5 Å². The number of benzene rings is 1. The van der Waals surface area contributed by atoms with Crippen molar-refractivity contribution in [2.24, 2.45) is 11.1 Å². The molecular weight excluding hydrogens is 339 g/mol. The van der Waals surface area contributed by atoms with Crippen molar-refractivity contribution < 1.29 is 17.9 Å². The van der Waals surface area contributed by atoms with Gasteiger partial charge in [0.2, 0.25) is 10.0 Å². The highest BCUT2D eigenvalue weighted by Crippen LogP contribution is 2.33. The molecule has 6 nitrogen and oxygen atoms in total. The van der Waals surface area contributed by atoms with E-state index in [9.17, 15) is 13.2 Å². The first-order valence-corrected chi connectivity index (χ1v) is 8.49. The van der Waals surface area contributed by atoms with Crippen molar-refractivity contribution >= 4 is 39.1 Å². The number of rotatable bonds is 6. The molecule has 1 aliphatic carbocycles. The first-order chi connectivity index (χ1) is 9.77. The van der Waals surface area contributed by atoms with Crippen LogP contribution in [0.15, 0.2) is 17.0 Å². The van der Waals surface area contributed by atoms with Crippen LogP contribution in [0.1, 0.15) is 12.8 Å². The SMILES string of the molecule is NS(=O)(=O)c1cc(Cl)c(OCC(=O)NCC2CC2)cc1Cl. The minimum absolute atomic E-state index is 0.0124. The summed E-state index contributed by atoms with van der Waals surface area (Å²) in [7, 11) is -3.97. The van der Waals surface area contributed by atoms with Gasteiger partial charge in [-0.1, -0.05) is 23.2 Å². The van der Waals surface area contributed by atoms with Crippen molar-refractivity contribution in [3.05, 3.63) is 22.2 Å². The summed E-state index contributed by atoms with van der Waals surface area (Å²) in [5.74, 6) is 0.418. The van der Waals surface area contributed by atoms with Gasteiger partial charge in [-0.2, -0.15) is 0 Å². The number of hydrogen-bond donors (Lipinski definition) is 2. The van der Waals surface area contributed by atoms with Crippen molar-refractivity contribution in [3.8, 4) is 5.75 Å². The molecule has 0 saturated heterocycles. The molecule has 1 aliphatic rings. The third-order valence-corrected chi connectivity index (χ3v) is 4.61. The molecule has 1 fully saturated rings. The van der Waals surface area contributed by atoms with Crippen LogP contribution in [-0.2, 0) is 14.8 Å². The number of halogens is 2. The summed E-state index contributed by atoms with van der Waals surface area (Å²) in [5, 5.41) is 7.62. The van der Waals surface area contributed by atoms with Crippen LogP contribution in [0, 0.1) is 5.92 Å². The van der Waals surface area contributed by atoms with Gasteiger partial charge >= 0.3 is 0 Å². The van der Waals surface area contributed by atoms with Crippen LogP contribution in [0.2, 0.25) is 10.0 Å². The van der Waals surface area contributed by atoms with Gasteiger partial charge in [0.05, 0.1) is 10.0 Å². The van der Waals surface area contributed by atoms with Crippen LogP contribution in [0.5, 0.6) is 5.75 Å². The second-order valence-electron chi connectivity index (χ2n) is 4.79. The highest BCUT2D eigenvalue weighted by Gasteiger charge is 2.22. The van der Waals surface area contributed by atoms with Crippen LogP contribution in [0.25, 0.3) is 0 Å². The Morgan fingerprint density at radius 2 is 2.00 bits per heavy atom. The fraction of sp³-hybridized carbons (Fsp3) is 0.417. The van der Waals surface area contributed by atoms with Crippen molar-refractivity contribution in [2.75, 3.05) is 13.2 Å². The second-order valence-corrected chi connectivity index (χ2v) is 7.14. The van der Waals surface area contributed by atoms with Crippen LogP contribution in [0.3, 0.4) is 0 Å². The lowest BCUT2D eigenvalue weighted by molar-refractivity contribution is -0.123. The van der Waals surface area contributed by atoms with Crippen LogP contribution >= 0.6 is 23.2 Å². The van der Waals surface area contributed by atoms with E-state index in [1.165, 1.54) is 6.07 Å². The quantitative estimate of drug-likeness (QED) is 0.811. The highest BCUT2D eigenvalue weighted by atomic mass is 35.5. The number of hydrogen-bond acceptors (Lipinski definition) is 4. The van der Waals surface area contributed by atoms with E-state index in [1.807, 2.05) is 0 Å². The van der Waals surface area contributed by atoms with Gasteiger partial charge in [0.1, 0.15) is 10.6 Å². The zero-order valence-corrected chi connectivity index (χ0v) is 13.3. The maximum atomic E-state index is 11.5. The fourth-order valence-corrected chi connectivity index (χ4v) is 2.99. The molecule has 1 aromatic rings. The molecule has 9 heteroatoms. The average molecular weight is 353 g/mol. The van der Waals surface area contributed by atoms with Crippen molar-refractivity contribution in [1.29, 1.82) is 0 Å². The van der Waals surface area contributed by atoms with E-state index in [0.717, 1.165) is 18.9 Å². The molecule has 1 saturated carbocycles. The van der Waals surface area contributed by atoms with E-state index >= 15 is 0 Å². The molecule has 0 heterocycles. The number of nitrogens with one attached hydrogen (secondary N) is 1. The van der Waals surface area contributed by atoms with E-state index < -0.39 is 10.0 Å². The summed E-state index contributed by atoms with van der Waals surface area (Å²) in [6.45, 7) is 0.415. The van der Waals surface area contributed by atoms with Gasteiger partial charge in [0.25, 0.3) is 5.91 Å². The predicted octanol–water partition coefficient (Wildman–Crippen LogP) is 1.55. The summed E-state index contributed by atoms with van der Waals surface area (Å²) in [5.41, 5.74) is 0. The summed E-state index contributed by atoms with van der Waals surface area (Å²) in [4.78, 5) is 11.3. The maximum absolute atomic E-state index is 11.5. The highest BCUT2D eigenvalue weighted by molar-refractivity contribution is 7.89. The number of primary sulfonamides is 1. The molecule has 2 rings (SSSR count). The summed E-state index contributed by atoms with van der Waals surface area (Å²) in [6, 6.07) is 2.31. The fourth-order valence-electron chi connectivity index (χ4n) is 1.61. The summed E-state index contributed by atoms with van der Waals surface area (Å²) in [6.07, 6.45) is 2.27. The Balaban J connectivity index is 1.99. The molecule has 3 N–H and O–H groups in total. The monoisotopic (exact) mass is 352 g/mol. The molecule has 0 bridgehead atoms. The van der Waals surface area contributed by atoms with Crippen LogP contribution < -0.4 is 15.2 Å². The van der Waals surface area contributed by atoms with Gasteiger partial charge in [-0.25, -0.2) is 13.6 Å². The molecule has 21 heavy (non-hydrogen) atoms. The molecule has 0 aliphatic heterocycles. The first kappa shape index (κ1) is 16.4. The van der Waals surface area contributed by atoms with Gasteiger partial charge in [0, 0.05) is 12.6 Å². The zero-order valence-electron chi connectivity index (χ0n) is 10.9. The molecular formula is C12H14Cl2N2O4S. The lowest BCUT2D eigenvalue weighted by atomic mass is 10.3. The smallest absolute Gasteiger partial charge is 0.257 e. The van der Waals surface area contributed by atoms with Gasteiger partial charge in [-0.15, -0.1) is 0 Å². The topological polar surface area (TPSA) is 98.5 Å². The van der Waals surface area contributed by atoms with Gasteiger partial charge < -0.3 is 10.1 Å². The lowest BCUT2D eigenvalue weighted by Crippen LogP contribution is -2.30. The molecule has 0 aromatic heterocycles. The summed E-state index contributed by atoms with van der Waals surface area (Å²) < 4.78 is 27.8. The van der Waals surface area contributed by atoms with E-state index in [0.29, 0.717) is 12.5 Å². The Labute approximate surface area is 132 Å². The molecule has 1 amide bonds.